The highest BCUT2D eigenvalue weighted by Gasteiger charge is 2.12. The van der Waals surface area contributed by atoms with Crippen LogP contribution in [0.1, 0.15) is 16.9 Å². The summed E-state index contributed by atoms with van der Waals surface area (Å²) < 4.78 is 0. The molecule has 0 aliphatic carbocycles. The summed E-state index contributed by atoms with van der Waals surface area (Å²) in [4.78, 5) is 6.52. The highest BCUT2D eigenvalue weighted by Crippen LogP contribution is 2.12. The van der Waals surface area contributed by atoms with E-state index >= 15 is 0 Å². The Balaban J connectivity index is 1.90. The molecule has 1 aromatic rings. The molecule has 2 heterocycles. The molecule has 0 radical (unpaired) electrons. The van der Waals surface area contributed by atoms with Crippen LogP contribution in [0.5, 0.6) is 0 Å². The summed E-state index contributed by atoms with van der Waals surface area (Å²) in [5.74, 6) is 2.91. The van der Waals surface area contributed by atoms with Crippen LogP contribution >= 0.6 is 23.1 Å². The number of rotatable bonds is 3. The van der Waals surface area contributed by atoms with Gasteiger partial charge in [-0.2, -0.15) is 11.8 Å². The SMILES string of the molecule is CCc1nnc(CN=C(N)N2CCSCC2)s1. The van der Waals surface area contributed by atoms with Crippen molar-refractivity contribution in [3.05, 3.63) is 10.0 Å². The first-order chi connectivity index (χ1) is 8.29. The quantitative estimate of drug-likeness (QED) is 0.655. The monoisotopic (exact) mass is 271 g/mol. The average molecular weight is 271 g/mol. The zero-order valence-electron chi connectivity index (χ0n) is 9.93. The molecule has 0 unspecified atom stereocenters. The van der Waals surface area contributed by atoms with Crippen molar-refractivity contribution in [3.63, 3.8) is 0 Å². The third kappa shape index (κ3) is 3.57. The predicted molar refractivity (Wildman–Crippen MR) is 73.5 cm³/mol. The lowest BCUT2D eigenvalue weighted by molar-refractivity contribution is 0.455. The lowest BCUT2D eigenvalue weighted by atomic mass is 10.5. The van der Waals surface area contributed by atoms with Crippen molar-refractivity contribution in [2.75, 3.05) is 24.6 Å². The lowest BCUT2D eigenvalue weighted by Crippen LogP contribution is -2.42. The number of aryl methyl sites for hydroxylation is 1. The second-order valence-electron chi connectivity index (χ2n) is 3.72. The molecule has 2 rings (SSSR count). The standard InChI is InChI=1S/C10H17N5S2/c1-2-8-13-14-9(17-8)7-12-10(11)15-3-5-16-6-4-15/h2-7H2,1H3,(H2,11,12). The van der Waals surface area contributed by atoms with Crippen LogP contribution in [0, 0.1) is 0 Å². The van der Waals surface area contributed by atoms with Crippen molar-refractivity contribution >= 4 is 29.1 Å². The zero-order valence-corrected chi connectivity index (χ0v) is 11.6. The van der Waals surface area contributed by atoms with Gasteiger partial charge in [-0.3, -0.25) is 0 Å². The van der Waals surface area contributed by atoms with Crippen LogP contribution in [-0.2, 0) is 13.0 Å². The van der Waals surface area contributed by atoms with Crippen LogP contribution in [0.2, 0.25) is 0 Å². The number of guanidine groups is 1. The molecule has 1 fully saturated rings. The summed E-state index contributed by atoms with van der Waals surface area (Å²) in [5, 5.41) is 10.2. The van der Waals surface area contributed by atoms with Gasteiger partial charge >= 0.3 is 0 Å². The number of hydrogen-bond donors (Lipinski definition) is 1. The first-order valence-corrected chi connectivity index (χ1v) is 7.70. The van der Waals surface area contributed by atoms with E-state index in [0.717, 1.165) is 41.0 Å². The van der Waals surface area contributed by atoms with Gasteiger partial charge in [0.05, 0.1) is 6.54 Å². The predicted octanol–water partition coefficient (Wildman–Crippen LogP) is 0.964. The topological polar surface area (TPSA) is 67.4 Å². The summed E-state index contributed by atoms with van der Waals surface area (Å²) in [6.45, 7) is 4.62. The maximum absolute atomic E-state index is 5.96. The van der Waals surface area contributed by atoms with E-state index < -0.39 is 0 Å². The normalized spacial score (nSPS) is 17.5. The van der Waals surface area contributed by atoms with Crippen LogP contribution in [0.25, 0.3) is 0 Å². The summed E-state index contributed by atoms with van der Waals surface area (Å²) in [6.07, 6.45) is 0.931. The van der Waals surface area contributed by atoms with Crippen LogP contribution in [0.15, 0.2) is 4.99 Å². The maximum atomic E-state index is 5.96. The van der Waals surface area contributed by atoms with Gasteiger partial charge in [-0.15, -0.1) is 10.2 Å². The van der Waals surface area contributed by atoms with Crippen molar-refractivity contribution in [3.8, 4) is 0 Å². The van der Waals surface area contributed by atoms with Gasteiger partial charge in [0.15, 0.2) is 5.96 Å². The number of hydrogen-bond acceptors (Lipinski definition) is 5. The van der Waals surface area contributed by atoms with Crippen LogP contribution in [0.3, 0.4) is 0 Å². The van der Waals surface area contributed by atoms with Crippen molar-refractivity contribution < 1.29 is 0 Å². The Hall–Kier alpha value is -0.820. The van der Waals surface area contributed by atoms with E-state index in [2.05, 4.69) is 27.0 Å². The molecule has 1 aliphatic rings. The van der Waals surface area contributed by atoms with Gasteiger partial charge in [0.2, 0.25) is 0 Å². The van der Waals surface area contributed by atoms with Gasteiger partial charge in [-0.1, -0.05) is 18.3 Å². The molecule has 94 valence electrons. The summed E-state index contributed by atoms with van der Waals surface area (Å²) >= 11 is 3.58. The van der Waals surface area contributed by atoms with Gasteiger partial charge in [-0.25, -0.2) is 4.99 Å². The smallest absolute Gasteiger partial charge is 0.191 e. The van der Waals surface area contributed by atoms with Crippen molar-refractivity contribution in [2.45, 2.75) is 19.9 Å². The van der Waals surface area contributed by atoms with E-state index in [-0.39, 0.29) is 0 Å². The third-order valence-electron chi connectivity index (χ3n) is 2.52. The summed E-state index contributed by atoms with van der Waals surface area (Å²) in [7, 11) is 0. The first-order valence-electron chi connectivity index (χ1n) is 5.73. The van der Waals surface area contributed by atoms with E-state index in [1.807, 2.05) is 11.8 Å². The van der Waals surface area contributed by atoms with Crippen molar-refractivity contribution in [1.82, 2.24) is 15.1 Å². The van der Waals surface area contributed by atoms with Gasteiger partial charge in [0.1, 0.15) is 10.0 Å². The highest BCUT2D eigenvalue weighted by molar-refractivity contribution is 7.99. The molecule has 17 heavy (non-hydrogen) atoms. The van der Waals surface area contributed by atoms with E-state index in [1.54, 1.807) is 11.3 Å². The minimum absolute atomic E-state index is 0.549. The Morgan fingerprint density at radius 1 is 1.35 bits per heavy atom. The molecule has 0 amide bonds. The zero-order chi connectivity index (χ0) is 12.1. The number of aliphatic imine (C=N–C) groups is 1. The molecule has 0 bridgehead atoms. The lowest BCUT2D eigenvalue weighted by Gasteiger charge is -2.27. The highest BCUT2D eigenvalue weighted by atomic mass is 32.2. The molecule has 1 aliphatic heterocycles. The fraction of sp³-hybridized carbons (Fsp3) is 0.700. The molecular formula is C10H17N5S2. The largest absolute Gasteiger partial charge is 0.370 e. The van der Waals surface area contributed by atoms with Crippen molar-refractivity contribution in [2.24, 2.45) is 10.7 Å². The molecule has 1 saturated heterocycles. The second kappa shape index (κ2) is 6.20. The molecule has 0 spiro atoms. The van der Waals surface area contributed by atoms with E-state index in [4.69, 9.17) is 5.73 Å². The molecule has 2 N–H and O–H groups in total. The summed E-state index contributed by atoms with van der Waals surface area (Å²) in [6, 6.07) is 0. The minimum atomic E-state index is 0.549. The Labute approximate surface area is 110 Å². The van der Waals surface area contributed by atoms with Gasteiger partial charge in [0, 0.05) is 24.6 Å². The van der Waals surface area contributed by atoms with Crippen LogP contribution in [0.4, 0.5) is 0 Å². The Morgan fingerprint density at radius 3 is 2.71 bits per heavy atom. The number of thioether (sulfide) groups is 1. The van der Waals surface area contributed by atoms with E-state index in [1.165, 1.54) is 0 Å². The number of nitrogens with two attached hydrogens (primary N) is 1. The summed E-state index contributed by atoms with van der Waals surface area (Å²) in [5.41, 5.74) is 5.96. The molecule has 0 saturated carbocycles. The minimum Gasteiger partial charge on any atom is -0.370 e. The second-order valence-corrected chi connectivity index (χ2v) is 6.09. The van der Waals surface area contributed by atoms with E-state index in [9.17, 15) is 0 Å². The number of nitrogens with zero attached hydrogens (tertiary/aromatic N) is 4. The number of aromatic nitrogens is 2. The molecular weight excluding hydrogens is 254 g/mol. The molecule has 0 atom stereocenters. The maximum Gasteiger partial charge on any atom is 0.191 e. The van der Waals surface area contributed by atoms with Crippen LogP contribution < -0.4 is 5.73 Å². The third-order valence-corrected chi connectivity index (χ3v) is 4.52. The fourth-order valence-electron chi connectivity index (χ4n) is 1.54. The fourth-order valence-corrected chi connectivity index (χ4v) is 3.15. The Bertz CT molecular complexity index is 384. The molecule has 5 nitrogen and oxygen atoms in total. The van der Waals surface area contributed by atoms with E-state index in [0.29, 0.717) is 12.5 Å². The Morgan fingerprint density at radius 2 is 2.06 bits per heavy atom. The first kappa shape index (κ1) is 12.6. The molecule has 0 aromatic carbocycles. The van der Waals surface area contributed by atoms with Gasteiger partial charge < -0.3 is 10.6 Å². The van der Waals surface area contributed by atoms with Gasteiger partial charge in [0.25, 0.3) is 0 Å². The molecule has 1 aromatic heterocycles. The Kier molecular flexibility index (Phi) is 4.61. The van der Waals surface area contributed by atoms with Gasteiger partial charge in [-0.05, 0) is 6.42 Å². The molecule has 7 heteroatoms. The van der Waals surface area contributed by atoms with Crippen molar-refractivity contribution in [1.29, 1.82) is 0 Å². The van der Waals surface area contributed by atoms with Crippen LogP contribution in [-0.4, -0.2) is 45.7 Å². The average Bonchev–Trinajstić information content (AvgIpc) is 2.85.